The average Bonchev–Trinajstić information content (AvgIpc) is 2.32. The standard InChI is InChI=1S/C13H14BrN3/c1-17(13-11(14)6-4-8-16-13)9-10-5-2-3-7-12(10)15/h2-8H,9,15H2,1H3. The Bertz CT molecular complexity index is 514. The second-order valence-electron chi connectivity index (χ2n) is 3.86. The monoisotopic (exact) mass is 291 g/mol. The van der Waals surface area contributed by atoms with E-state index in [9.17, 15) is 0 Å². The summed E-state index contributed by atoms with van der Waals surface area (Å²) in [5, 5.41) is 0. The van der Waals surface area contributed by atoms with Crippen LogP contribution in [0.3, 0.4) is 0 Å². The van der Waals surface area contributed by atoms with Gasteiger partial charge in [0.25, 0.3) is 0 Å². The molecule has 0 spiro atoms. The van der Waals surface area contributed by atoms with E-state index in [0.29, 0.717) is 0 Å². The van der Waals surface area contributed by atoms with Crippen LogP contribution >= 0.6 is 15.9 Å². The van der Waals surface area contributed by atoms with E-state index in [2.05, 4.69) is 25.8 Å². The van der Waals surface area contributed by atoms with Gasteiger partial charge in [-0.25, -0.2) is 4.98 Å². The molecule has 2 aromatic rings. The largest absolute Gasteiger partial charge is 0.398 e. The summed E-state index contributed by atoms with van der Waals surface area (Å²) in [5.74, 6) is 0.913. The summed E-state index contributed by atoms with van der Waals surface area (Å²) in [6, 6.07) is 11.8. The molecule has 3 nitrogen and oxygen atoms in total. The number of pyridine rings is 1. The maximum Gasteiger partial charge on any atom is 0.142 e. The number of halogens is 1. The summed E-state index contributed by atoms with van der Waals surface area (Å²) in [5.41, 5.74) is 7.84. The first-order valence-corrected chi connectivity index (χ1v) is 6.13. The van der Waals surface area contributed by atoms with E-state index in [1.54, 1.807) is 6.20 Å². The molecule has 0 bridgehead atoms. The predicted molar refractivity (Wildman–Crippen MR) is 74.9 cm³/mol. The topological polar surface area (TPSA) is 42.1 Å². The summed E-state index contributed by atoms with van der Waals surface area (Å²) >= 11 is 3.49. The highest BCUT2D eigenvalue weighted by atomic mass is 79.9. The molecule has 0 aliphatic rings. The smallest absolute Gasteiger partial charge is 0.142 e. The van der Waals surface area contributed by atoms with Crippen LogP contribution in [-0.4, -0.2) is 12.0 Å². The molecule has 0 atom stereocenters. The minimum absolute atomic E-state index is 0.738. The summed E-state index contributed by atoms with van der Waals surface area (Å²) < 4.78 is 0.983. The molecule has 17 heavy (non-hydrogen) atoms. The Morgan fingerprint density at radius 3 is 2.71 bits per heavy atom. The number of nitrogens with two attached hydrogens (primary N) is 1. The summed E-state index contributed by atoms with van der Waals surface area (Å²) in [6.45, 7) is 0.738. The van der Waals surface area contributed by atoms with Crippen molar-refractivity contribution in [3.8, 4) is 0 Å². The van der Waals surface area contributed by atoms with E-state index in [-0.39, 0.29) is 0 Å². The highest BCUT2D eigenvalue weighted by molar-refractivity contribution is 9.10. The van der Waals surface area contributed by atoms with Crippen LogP contribution in [0.4, 0.5) is 11.5 Å². The van der Waals surface area contributed by atoms with Crippen LogP contribution in [0.2, 0.25) is 0 Å². The fraction of sp³-hybridized carbons (Fsp3) is 0.154. The number of hydrogen-bond acceptors (Lipinski definition) is 3. The zero-order valence-electron chi connectivity index (χ0n) is 9.60. The van der Waals surface area contributed by atoms with Gasteiger partial charge in [0.1, 0.15) is 5.82 Å². The molecule has 2 N–H and O–H groups in total. The number of nitrogens with zero attached hydrogens (tertiary/aromatic N) is 2. The van der Waals surface area contributed by atoms with Gasteiger partial charge in [0.2, 0.25) is 0 Å². The predicted octanol–water partition coefficient (Wildman–Crippen LogP) is 3.06. The van der Waals surface area contributed by atoms with Gasteiger partial charge < -0.3 is 10.6 Å². The van der Waals surface area contributed by atoms with Crippen molar-refractivity contribution in [2.75, 3.05) is 17.7 Å². The first kappa shape index (κ1) is 11.9. The lowest BCUT2D eigenvalue weighted by atomic mass is 10.2. The second kappa shape index (κ2) is 5.19. The summed E-state index contributed by atoms with van der Waals surface area (Å²) in [7, 11) is 2.00. The van der Waals surface area contributed by atoms with Gasteiger partial charge >= 0.3 is 0 Å². The van der Waals surface area contributed by atoms with Crippen LogP contribution in [0.25, 0.3) is 0 Å². The molecule has 0 saturated carbocycles. The third kappa shape index (κ3) is 2.77. The fourth-order valence-electron chi connectivity index (χ4n) is 1.67. The zero-order chi connectivity index (χ0) is 12.3. The van der Waals surface area contributed by atoms with E-state index in [0.717, 1.165) is 28.1 Å². The van der Waals surface area contributed by atoms with Gasteiger partial charge in [0.05, 0.1) is 4.47 Å². The molecular formula is C13H14BrN3. The Hall–Kier alpha value is -1.55. The van der Waals surface area contributed by atoms with E-state index in [4.69, 9.17) is 5.73 Å². The van der Waals surface area contributed by atoms with Gasteiger partial charge in [0.15, 0.2) is 0 Å². The third-order valence-electron chi connectivity index (χ3n) is 2.56. The number of para-hydroxylation sites is 1. The number of hydrogen-bond donors (Lipinski definition) is 1. The normalized spacial score (nSPS) is 10.2. The molecule has 0 unspecified atom stereocenters. The summed E-state index contributed by atoms with van der Waals surface area (Å²) in [4.78, 5) is 6.41. The van der Waals surface area contributed by atoms with Crippen molar-refractivity contribution in [2.24, 2.45) is 0 Å². The molecule has 2 rings (SSSR count). The van der Waals surface area contributed by atoms with Crippen molar-refractivity contribution in [3.63, 3.8) is 0 Å². The molecule has 0 aliphatic carbocycles. The lowest BCUT2D eigenvalue weighted by molar-refractivity contribution is 0.896. The van der Waals surface area contributed by atoms with Crippen molar-refractivity contribution in [3.05, 3.63) is 52.6 Å². The van der Waals surface area contributed by atoms with Crippen LogP contribution in [0.15, 0.2) is 47.1 Å². The SMILES string of the molecule is CN(Cc1ccccc1N)c1ncccc1Br. The Morgan fingerprint density at radius 2 is 2.00 bits per heavy atom. The Kier molecular flexibility index (Phi) is 3.64. The molecular weight excluding hydrogens is 278 g/mol. The molecule has 1 aromatic carbocycles. The van der Waals surface area contributed by atoms with Crippen LogP contribution < -0.4 is 10.6 Å². The minimum Gasteiger partial charge on any atom is -0.398 e. The van der Waals surface area contributed by atoms with Crippen LogP contribution in [0, 0.1) is 0 Å². The van der Waals surface area contributed by atoms with Crippen molar-refractivity contribution in [1.29, 1.82) is 0 Å². The molecule has 1 aromatic heterocycles. The maximum absolute atomic E-state index is 5.93. The first-order chi connectivity index (χ1) is 8.18. The number of aromatic nitrogens is 1. The van der Waals surface area contributed by atoms with Gasteiger partial charge in [-0.1, -0.05) is 18.2 Å². The van der Waals surface area contributed by atoms with Gasteiger partial charge in [-0.2, -0.15) is 0 Å². The number of benzene rings is 1. The Labute approximate surface area is 109 Å². The highest BCUT2D eigenvalue weighted by Crippen LogP contribution is 2.24. The molecule has 0 radical (unpaired) electrons. The van der Waals surface area contributed by atoms with E-state index >= 15 is 0 Å². The minimum atomic E-state index is 0.738. The molecule has 4 heteroatoms. The highest BCUT2D eigenvalue weighted by Gasteiger charge is 2.08. The lowest BCUT2D eigenvalue weighted by Crippen LogP contribution is -2.18. The first-order valence-electron chi connectivity index (χ1n) is 5.33. The van der Waals surface area contributed by atoms with E-state index < -0.39 is 0 Å². The van der Waals surface area contributed by atoms with Crippen molar-refractivity contribution < 1.29 is 0 Å². The Morgan fingerprint density at radius 1 is 1.24 bits per heavy atom. The van der Waals surface area contributed by atoms with Crippen LogP contribution in [-0.2, 0) is 6.54 Å². The van der Waals surface area contributed by atoms with E-state index in [1.165, 1.54) is 0 Å². The summed E-state index contributed by atoms with van der Waals surface area (Å²) in [6.07, 6.45) is 1.78. The van der Waals surface area contributed by atoms with Gasteiger partial charge in [-0.15, -0.1) is 0 Å². The van der Waals surface area contributed by atoms with Gasteiger partial charge in [-0.05, 0) is 39.7 Å². The van der Waals surface area contributed by atoms with Crippen LogP contribution in [0.1, 0.15) is 5.56 Å². The van der Waals surface area contributed by atoms with Crippen molar-refractivity contribution in [2.45, 2.75) is 6.54 Å². The molecule has 0 saturated heterocycles. The average molecular weight is 292 g/mol. The van der Waals surface area contributed by atoms with Crippen molar-refractivity contribution >= 4 is 27.4 Å². The fourth-order valence-corrected chi connectivity index (χ4v) is 2.22. The quantitative estimate of drug-likeness (QED) is 0.884. The molecule has 0 fully saturated rings. The molecule has 88 valence electrons. The number of rotatable bonds is 3. The number of nitrogen functional groups attached to an aromatic ring is 1. The number of anilines is 2. The molecule has 1 heterocycles. The van der Waals surface area contributed by atoms with Crippen LogP contribution in [0.5, 0.6) is 0 Å². The second-order valence-corrected chi connectivity index (χ2v) is 4.72. The maximum atomic E-state index is 5.93. The lowest BCUT2D eigenvalue weighted by Gasteiger charge is -2.20. The molecule has 0 aliphatic heterocycles. The zero-order valence-corrected chi connectivity index (χ0v) is 11.2. The van der Waals surface area contributed by atoms with Gasteiger partial charge in [0, 0.05) is 25.5 Å². The van der Waals surface area contributed by atoms with E-state index in [1.807, 2.05) is 43.4 Å². The molecule has 0 amide bonds. The van der Waals surface area contributed by atoms with Gasteiger partial charge in [-0.3, -0.25) is 0 Å². The van der Waals surface area contributed by atoms with Crippen molar-refractivity contribution in [1.82, 2.24) is 4.98 Å². The Balaban J connectivity index is 2.20. The third-order valence-corrected chi connectivity index (χ3v) is 3.18.